The number of nitro benzene ring substituents is 1. The molecule has 1 aliphatic heterocycles. The summed E-state index contributed by atoms with van der Waals surface area (Å²) in [7, 11) is 0. The molecule has 2 aromatic rings. The number of carbonyl (C=O) groups is 1. The fraction of sp³-hybridized carbons (Fsp3) is 0.158. The topological polar surface area (TPSA) is 91.0 Å². The van der Waals surface area contributed by atoms with Gasteiger partial charge < -0.3 is 9.47 Å². The van der Waals surface area contributed by atoms with Crippen LogP contribution in [0.5, 0.6) is 5.75 Å². The first-order valence-corrected chi connectivity index (χ1v) is 8.56. The van der Waals surface area contributed by atoms with Crippen molar-refractivity contribution in [3.63, 3.8) is 0 Å². The molecule has 138 valence electrons. The summed E-state index contributed by atoms with van der Waals surface area (Å²) in [6, 6.07) is 11.1. The predicted molar refractivity (Wildman–Crippen MR) is 101 cm³/mol. The number of nitrogens with zero attached hydrogens (tertiary/aromatic N) is 2. The average Bonchev–Trinajstić information content (AvgIpc) is 3.01. The van der Waals surface area contributed by atoms with Crippen molar-refractivity contribution in [2.24, 2.45) is 4.99 Å². The lowest BCUT2D eigenvalue weighted by Crippen LogP contribution is -2.06. The van der Waals surface area contributed by atoms with Crippen molar-refractivity contribution in [3.05, 3.63) is 74.4 Å². The molecule has 1 aliphatic rings. The van der Waals surface area contributed by atoms with Gasteiger partial charge >= 0.3 is 5.97 Å². The Hall–Kier alpha value is -3.19. The summed E-state index contributed by atoms with van der Waals surface area (Å²) in [6.07, 6.45) is 2.39. The average molecular weight is 387 g/mol. The second kappa shape index (κ2) is 8.01. The summed E-state index contributed by atoms with van der Waals surface area (Å²) in [5, 5.41) is 11.2. The summed E-state index contributed by atoms with van der Waals surface area (Å²) < 4.78 is 10.8. The Bertz CT molecular complexity index is 968. The lowest BCUT2D eigenvalue weighted by Gasteiger charge is -2.07. The molecule has 0 fully saturated rings. The van der Waals surface area contributed by atoms with Gasteiger partial charge in [-0.1, -0.05) is 36.7 Å². The van der Waals surface area contributed by atoms with Gasteiger partial charge in [0.1, 0.15) is 5.75 Å². The number of benzene rings is 2. The Morgan fingerprint density at radius 2 is 2.07 bits per heavy atom. The molecule has 0 N–H and O–H groups in total. The highest BCUT2D eigenvalue weighted by atomic mass is 35.5. The first-order chi connectivity index (χ1) is 13.0. The van der Waals surface area contributed by atoms with Crippen LogP contribution in [0.3, 0.4) is 0 Å². The largest absolute Gasteiger partial charge is 0.493 e. The molecule has 0 atom stereocenters. The summed E-state index contributed by atoms with van der Waals surface area (Å²) >= 11 is 6.08. The van der Waals surface area contributed by atoms with Crippen molar-refractivity contribution in [3.8, 4) is 5.75 Å². The van der Waals surface area contributed by atoms with Gasteiger partial charge in [-0.2, -0.15) is 0 Å². The number of ether oxygens (including phenoxy) is 2. The van der Waals surface area contributed by atoms with E-state index in [1.54, 1.807) is 18.2 Å². The third-order valence-electron chi connectivity index (χ3n) is 3.68. The van der Waals surface area contributed by atoms with Crippen LogP contribution in [0.25, 0.3) is 6.08 Å². The Morgan fingerprint density at radius 1 is 1.30 bits per heavy atom. The lowest BCUT2D eigenvalue weighted by molar-refractivity contribution is -0.384. The van der Waals surface area contributed by atoms with E-state index in [2.05, 4.69) is 4.99 Å². The standard InChI is InChI=1S/C19H15ClN2O5/c1-2-9-26-17-6-4-3-5-12(17)10-16-19(23)27-18(21-16)14-11-13(22(24)25)7-8-15(14)20/h3-8,10-11H,2,9H2,1H3. The van der Waals surface area contributed by atoms with Crippen LogP contribution in [0.15, 0.2) is 53.2 Å². The quantitative estimate of drug-likeness (QED) is 0.318. The zero-order valence-corrected chi connectivity index (χ0v) is 15.1. The molecule has 0 unspecified atom stereocenters. The Kier molecular flexibility index (Phi) is 5.52. The minimum atomic E-state index is -0.669. The number of halogens is 1. The van der Waals surface area contributed by atoms with Gasteiger partial charge in [0.15, 0.2) is 5.70 Å². The highest BCUT2D eigenvalue weighted by molar-refractivity contribution is 6.34. The van der Waals surface area contributed by atoms with E-state index in [1.807, 2.05) is 19.1 Å². The summed E-state index contributed by atoms with van der Waals surface area (Å²) in [4.78, 5) is 26.8. The van der Waals surface area contributed by atoms with Crippen molar-refractivity contribution < 1.29 is 19.2 Å². The summed E-state index contributed by atoms with van der Waals surface area (Å²) in [5.41, 5.74) is 0.732. The van der Waals surface area contributed by atoms with E-state index in [-0.39, 0.29) is 27.9 Å². The highest BCUT2D eigenvalue weighted by Gasteiger charge is 2.27. The number of para-hydroxylation sites is 1. The number of hydrogen-bond donors (Lipinski definition) is 0. The van der Waals surface area contributed by atoms with Gasteiger partial charge in [-0.15, -0.1) is 0 Å². The number of carbonyl (C=O) groups excluding carboxylic acids is 1. The van der Waals surface area contributed by atoms with Crippen molar-refractivity contribution in [2.75, 3.05) is 6.61 Å². The van der Waals surface area contributed by atoms with E-state index in [0.29, 0.717) is 17.9 Å². The maximum absolute atomic E-state index is 12.2. The fourth-order valence-corrected chi connectivity index (χ4v) is 2.60. The Balaban J connectivity index is 1.97. The second-order valence-corrected chi connectivity index (χ2v) is 6.05. The monoisotopic (exact) mass is 386 g/mol. The normalized spacial score (nSPS) is 14.8. The molecule has 3 rings (SSSR count). The minimum Gasteiger partial charge on any atom is -0.493 e. The number of aliphatic imine (C=N–C) groups is 1. The van der Waals surface area contributed by atoms with Crippen LogP contribution < -0.4 is 4.74 Å². The third-order valence-corrected chi connectivity index (χ3v) is 4.01. The number of non-ortho nitro benzene ring substituents is 1. The minimum absolute atomic E-state index is 0.0557. The maximum Gasteiger partial charge on any atom is 0.363 e. The van der Waals surface area contributed by atoms with E-state index >= 15 is 0 Å². The summed E-state index contributed by atoms with van der Waals surface area (Å²) in [5.74, 6) is -0.124. The van der Waals surface area contributed by atoms with Crippen LogP contribution in [-0.2, 0) is 9.53 Å². The third kappa shape index (κ3) is 4.15. The molecule has 8 heteroatoms. The first-order valence-electron chi connectivity index (χ1n) is 8.18. The van der Waals surface area contributed by atoms with Gasteiger partial charge in [0.2, 0.25) is 5.90 Å². The number of hydrogen-bond acceptors (Lipinski definition) is 6. The van der Waals surface area contributed by atoms with Gasteiger partial charge in [-0.25, -0.2) is 9.79 Å². The molecule has 27 heavy (non-hydrogen) atoms. The van der Waals surface area contributed by atoms with Crippen LogP contribution in [0.2, 0.25) is 5.02 Å². The number of cyclic esters (lactones) is 1. The molecule has 0 amide bonds. The molecule has 0 aromatic heterocycles. The zero-order valence-electron chi connectivity index (χ0n) is 14.3. The number of esters is 1. The van der Waals surface area contributed by atoms with Crippen molar-refractivity contribution >= 4 is 35.2 Å². The molecule has 0 radical (unpaired) electrons. The Morgan fingerprint density at radius 3 is 2.81 bits per heavy atom. The zero-order chi connectivity index (χ0) is 19.4. The van der Waals surface area contributed by atoms with Crippen molar-refractivity contribution in [1.82, 2.24) is 0 Å². The molecule has 7 nitrogen and oxygen atoms in total. The van der Waals surface area contributed by atoms with Crippen molar-refractivity contribution in [2.45, 2.75) is 13.3 Å². The van der Waals surface area contributed by atoms with Gasteiger partial charge in [-0.05, 0) is 24.6 Å². The molecule has 0 spiro atoms. The van der Waals surface area contributed by atoms with Crippen LogP contribution in [0, 0.1) is 10.1 Å². The second-order valence-electron chi connectivity index (χ2n) is 5.64. The lowest BCUT2D eigenvalue weighted by atomic mass is 10.1. The molecule has 1 heterocycles. The maximum atomic E-state index is 12.2. The molecular weight excluding hydrogens is 372 g/mol. The molecular formula is C19H15ClN2O5. The van der Waals surface area contributed by atoms with Gasteiger partial charge in [0.05, 0.1) is 22.1 Å². The van der Waals surface area contributed by atoms with Crippen LogP contribution in [-0.4, -0.2) is 23.4 Å². The Labute approximate surface area is 160 Å². The number of rotatable bonds is 6. The SMILES string of the molecule is CCCOc1ccccc1C=C1N=C(c2cc([N+](=O)[O-])ccc2Cl)OC1=O. The highest BCUT2D eigenvalue weighted by Crippen LogP contribution is 2.28. The van der Waals surface area contributed by atoms with Crippen molar-refractivity contribution in [1.29, 1.82) is 0 Å². The van der Waals surface area contributed by atoms with Crippen LogP contribution >= 0.6 is 11.6 Å². The van der Waals surface area contributed by atoms with E-state index in [0.717, 1.165) is 6.42 Å². The van der Waals surface area contributed by atoms with Gasteiger partial charge in [-0.3, -0.25) is 10.1 Å². The number of nitro groups is 1. The van der Waals surface area contributed by atoms with E-state index in [4.69, 9.17) is 21.1 Å². The van der Waals surface area contributed by atoms with Gasteiger partial charge in [0.25, 0.3) is 5.69 Å². The van der Waals surface area contributed by atoms with E-state index in [1.165, 1.54) is 18.2 Å². The van der Waals surface area contributed by atoms with Crippen LogP contribution in [0.4, 0.5) is 5.69 Å². The molecule has 0 saturated carbocycles. The fourth-order valence-electron chi connectivity index (χ4n) is 2.41. The predicted octanol–water partition coefficient (Wildman–Crippen LogP) is 4.38. The first kappa shape index (κ1) is 18.6. The van der Waals surface area contributed by atoms with E-state index in [9.17, 15) is 14.9 Å². The molecule has 0 bridgehead atoms. The van der Waals surface area contributed by atoms with Gasteiger partial charge in [0, 0.05) is 17.7 Å². The summed E-state index contributed by atoms with van der Waals surface area (Å²) in [6.45, 7) is 2.54. The smallest absolute Gasteiger partial charge is 0.363 e. The molecule has 0 saturated heterocycles. The van der Waals surface area contributed by atoms with Crippen LogP contribution in [0.1, 0.15) is 24.5 Å². The molecule has 2 aromatic carbocycles. The molecule has 0 aliphatic carbocycles. The van der Waals surface area contributed by atoms with E-state index < -0.39 is 10.9 Å².